The molecule has 5 aromatic rings. The van der Waals surface area contributed by atoms with Crippen LogP contribution in [-0.4, -0.2) is 45.7 Å². The van der Waals surface area contributed by atoms with Crippen LogP contribution < -0.4 is 14.8 Å². The lowest BCUT2D eigenvalue weighted by Gasteiger charge is -2.15. The summed E-state index contributed by atoms with van der Waals surface area (Å²) >= 11 is 0. The van der Waals surface area contributed by atoms with E-state index in [1.54, 1.807) is 0 Å². The van der Waals surface area contributed by atoms with Crippen LogP contribution in [0.5, 0.6) is 11.5 Å². The number of ether oxygens (including phenoxy) is 2. The number of nitrogens with one attached hydrogen (secondary N) is 1. The summed E-state index contributed by atoms with van der Waals surface area (Å²) in [6.45, 7) is 6.70. The number of nitrogens with zero attached hydrogens (tertiary/aromatic N) is 4. The molecule has 0 unspecified atom stereocenters. The standard InChI is InChI=1S/C32H33N5O2/c1-24-8-2-3-9-26(24)23-39-29-11-6-10-25(22-29)30-12-7-13-31-34-32(35-37(30)31)33-27-14-16-28(17-15-27)38-21-20-36-18-4-5-19-36/h2-3,6-17,22H,4-5,18-21,23H2,1H3,(H,33,35). The maximum Gasteiger partial charge on any atom is 0.247 e. The summed E-state index contributed by atoms with van der Waals surface area (Å²) in [7, 11) is 0. The summed E-state index contributed by atoms with van der Waals surface area (Å²) in [5, 5.41) is 8.08. The van der Waals surface area contributed by atoms with E-state index in [4.69, 9.17) is 19.6 Å². The molecule has 0 spiro atoms. The molecule has 0 bridgehead atoms. The Morgan fingerprint density at radius 2 is 1.64 bits per heavy atom. The number of fused-ring (bicyclic) bond motifs is 1. The van der Waals surface area contributed by atoms with Gasteiger partial charge in [-0.25, -0.2) is 4.52 Å². The minimum absolute atomic E-state index is 0.528. The monoisotopic (exact) mass is 519 g/mol. The third-order valence-electron chi connectivity index (χ3n) is 7.13. The molecular formula is C32H33N5O2. The molecule has 1 aliphatic rings. The molecule has 0 saturated carbocycles. The first-order valence-corrected chi connectivity index (χ1v) is 13.6. The number of likely N-dealkylation sites (tertiary alicyclic amines) is 1. The normalized spacial score (nSPS) is 13.6. The summed E-state index contributed by atoms with van der Waals surface area (Å²) < 4.78 is 13.9. The first-order chi connectivity index (χ1) is 19.2. The largest absolute Gasteiger partial charge is 0.492 e. The number of rotatable bonds is 10. The molecule has 6 rings (SSSR count). The van der Waals surface area contributed by atoms with Crippen molar-refractivity contribution in [1.82, 2.24) is 19.5 Å². The van der Waals surface area contributed by atoms with Gasteiger partial charge in [0.2, 0.25) is 5.95 Å². The zero-order valence-corrected chi connectivity index (χ0v) is 22.2. The average molecular weight is 520 g/mol. The molecule has 0 aliphatic carbocycles. The number of aromatic nitrogens is 3. The topological polar surface area (TPSA) is 63.9 Å². The Labute approximate surface area is 229 Å². The quantitative estimate of drug-likeness (QED) is 0.227. The Kier molecular flexibility index (Phi) is 7.41. The van der Waals surface area contributed by atoms with Gasteiger partial charge in [-0.15, -0.1) is 5.10 Å². The van der Waals surface area contributed by atoms with Gasteiger partial charge >= 0.3 is 0 Å². The second-order valence-corrected chi connectivity index (χ2v) is 9.91. The first kappa shape index (κ1) is 24.9. The van der Waals surface area contributed by atoms with Gasteiger partial charge in [0.1, 0.15) is 24.7 Å². The van der Waals surface area contributed by atoms with Crippen molar-refractivity contribution in [2.75, 3.05) is 31.6 Å². The highest BCUT2D eigenvalue weighted by Crippen LogP contribution is 2.26. The molecule has 0 amide bonds. The predicted molar refractivity (Wildman–Crippen MR) is 155 cm³/mol. The lowest BCUT2D eigenvalue weighted by atomic mass is 10.1. The van der Waals surface area contributed by atoms with Crippen LogP contribution in [0.3, 0.4) is 0 Å². The molecule has 198 valence electrons. The zero-order valence-electron chi connectivity index (χ0n) is 22.2. The third kappa shape index (κ3) is 6.04. The van der Waals surface area contributed by atoms with Crippen molar-refractivity contribution in [1.29, 1.82) is 0 Å². The van der Waals surface area contributed by atoms with Crippen LogP contribution in [0, 0.1) is 6.92 Å². The second-order valence-electron chi connectivity index (χ2n) is 9.91. The van der Waals surface area contributed by atoms with E-state index in [9.17, 15) is 0 Å². The molecule has 0 atom stereocenters. The Hall–Kier alpha value is -4.36. The molecule has 7 nitrogen and oxygen atoms in total. The van der Waals surface area contributed by atoms with E-state index in [2.05, 4.69) is 35.3 Å². The van der Waals surface area contributed by atoms with Crippen LogP contribution in [0.25, 0.3) is 16.9 Å². The Morgan fingerprint density at radius 3 is 2.49 bits per heavy atom. The zero-order chi connectivity index (χ0) is 26.4. The number of hydrogen-bond donors (Lipinski definition) is 1. The molecule has 3 heterocycles. The van der Waals surface area contributed by atoms with E-state index < -0.39 is 0 Å². The lowest BCUT2D eigenvalue weighted by molar-refractivity contribution is 0.238. The van der Waals surface area contributed by atoms with Gasteiger partial charge in [-0.2, -0.15) is 4.98 Å². The predicted octanol–water partition coefficient (Wildman–Crippen LogP) is 6.50. The van der Waals surface area contributed by atoms with Crippen molar-refractivity contribution in [3.63, 3.8) is 0 Å². The maximum absolute atomic E-state index is 6.12. The SMILES string of the molecule is Cc1ccccc1COc1cccc(-c2cccc3nc(Nc4ccc(OCCN5CCCC5)cc4)nn23)c1. The number of anilines is 2. The van der Waals surface area contributed by atoms with Crippen LogP contribution in [0.2, 0.25) is 0 Å². The lowest BCUT2D eigenvalue weighted by Crippen LogP contribution is -2.25. The summed E-state index contributed by atoms with van der Waals surface area (Å²) in [5.74, 6) is 2.22. The van der Waals surface area contributed by atoms with Crippen molar-refractivity contribution >= 4 is 17.3 Å². The third-order valence-corrected chi connectivity index (χ3v) is 7.13. The van der Waals surface area contributed by atoms with Gasteiger partial charge < -0.3 is 14.8 Å². The molecule has 7 heteroatoms. The highest BCUT2D eigenvalue weighted by Gasteiger charge is 2.12. The maximum atomic E-state index is 6.12. The van der Waals surface area contributed by atoms with Crippen molar-refractivity contribution in [2.24, 2.45) is 0 Å². The molecule has 1 N–H and O–H groups in total. The minimum atomic E-state index is 0.528. The Morgan fingerprint density at radius 1 is 0.821 bits per heavy atom. The minimum Gasteiger partial charge on any atom is -0.492 e. The van der Waals surface area contributed by atoms with E-state index in [0.717, 1.165) is 40.6 Å². The molecule has 1 saturated heterocycles. The van der Waals surface area contributed by atoms with E-state index in [-0.39, 0.29) is 0 Å². The van der Waals surface area contributed by atoms with Gasteiger partial charge in [0.15, 0.2) is 5.65 Å². The Balaban J connectivity index is 1.13. The van der Waals surface area contributed by atoms with Gasteiger partial charge in [0.25, 0.3) is 0 Å². The van der Waals surface area contributed by atoms with Gasteiger partial charge in [-0.05, 0) is 92.5 Å². The number of pyridine rings is 1. The molecule has 1 fully saturated rings. The summed E-state index contributed by atoms with van der Waals surface area (Å²) in [5.41, 5.74) is 6.03. The molecular weight excluding hydrogens is 486 g/mol. The van der Waals surface area contributed by atoms with Crippen molar-refractivity contribution in [2.45, 2.75) is 26.4 Å². The molecule has 1 aliphatic heterocycles. The first-order valence-electron chi connectivity index (χ1n) is 13.6. The molecule has 2 aromatic heterocycles. The summed E-state index contributed by atoms with van der Waals surface area (Å²) in [6, 6.07) is 30.3. The van der Waals surface area contributed by atoms with Gasteiger partial charge in [0, 0.05) is 17.8 Å². The van der Waals surface area contributed by atoms with Crippen LogP contribution in [0.15, 0.2) is 91.0 Å². The van der Waals surface area contributed by atoms with Crippen LogP contribution >= 0.6 is 0 Å². The summed E-state index contributed by atoms with van der Waals surface area (Å²) in [4.78, 5) is 7.14. The molecule has 39 heavy (non-hydrogen) atoms. The average Bonchev–Trinajstić information content (AvgIpc) is 3.63. The number of aryl methyl sites for hydroxylation is 1. The second kappa shape index (κ2) is 11.6. The fourth-order valence-electron chi connectivity index (χ4n) is 4.92. The van der Waals surface area contributed by atoms with Gasteiger partial charge in [-0.1, -0.05) is 42.5 Å². The van der Waals surface area contributed by atoms with Crippen LogP contribution in [0.1, 0.15) is 24.0 Å². The fourth-order valence-corrected chi connectivity index (χ4v) is 4.92. The van der Waals surface area contributed by atoms with E-state index in [0.29, 0.717) is 19.2 Å². The van der Waals surface area contributed by atoms with Gasteiger partial charge in [-0.3, -0.25) is 4.90 Å². The van der Waals surface area contributed by atoms with E-state index in [1.807, 2.05) is 77.3 Å². The van der Waals surface area contributed by atoms with Crippen molar-refractivity contribution in [3.05, 3.63) is 102 Å². The van der Waals surface area contributed by atoms with Crippen LogP contribution in [0.4, 0.5) is 11.6 Å². The van der Waals surface area contributed by atoms with E-state index >= 15 is 0 Å². The van der Waals surface area contributed by atoms with E-state index in [1.165, 1.54) is 37.1 Å². The summed E-state index contributed by atoms with van der Waals surface area (Å²) in [6.07, 6.45) is 2.60. The van der Waals surface area contributed by atoms with Crippen LogP contribution in [-0.2, 0) is 6.61 Å². The fraction of sp³-hybridized carbons (Fsp3) is 0.250. The molecule has 0 radical (unpaired) electrons. The van der Waals surface area contributed by atoms with Crippen molar-refractivity contribution in [3.8, 4) is 22.8 Å². The Bertz CT molecular complexity index is 1540. The van der Waals surface area contributed by atoms with Crippen molar-refractivity contribution < 1.29 is 9.47 Å². The van der Waals surface area contributed by atoms with Gasteiger partial charge in [0.05, 0.1) is 5.69 Å². The molecule has 3 aromatic carbocycles. The smallest absolute Gasteiger partial charge is 0.247 e. The number of hydrogen-bond acceptors (Lipinski definition) is 6. The number of benzene rings is 3. The highest BCUT2D eigenvalue weighted by molar-refractivity contribution is 5.66. The highest BCUT2D eigenvalue weighted by atomic mass is 16.5.